The summed E-state index contributed by atoms with van der Waals surface area (Å²) in [5.74, 6) is 0. The van der Waals surface area contributed by atoms with E-state index in [9.17, 15) is 4.89 Å². The second-order valence-corrected chi connectivity index (χ2v) is 8.66. The van der Waals surface area contributed by atoms with E-state index in [0.717, 1.165) is 25.9 Å². The Morgan fingerprint density at radius 1 is 1.00 bits per heavy atom. The first kappa shape index (κ1) is 19.8. The van der Waals surface area contributed by atoms with Crippen LogP contribution < -0.4 is 4.89 Å². The quantitative estimate of drug-likeness (QED) is 0.364. The summed E-state index contributed by atoms with van der Waals surface area (Å²) >= 11 is 0. The van der Waals surface area contributed by atoms with Crippen LogP contribution in [0.1, 0.15) is 53.9 Å². The predicted molar refractivity (Wildman–Crippen MR) is 90.7 cm³/mol. The van der Waals surface area contributed by atoms with Crippen LogP contribution in [0.15, 0.2) is 24.3 Å². The molecule has 1 fully saturated rings. The van der Waals surface area contributed by atoms with Crippen LogP contribution in [-0.4, -0.2) is 30.6 Å². The molecule has 0 amide bonds. The van der Waals surface area contributed by atoms with E-state index in [4.69, 9.17) is 13.8 Å². The van der Waals surface area contributed by atoms with Gasteiger partial charge in [-0.15, -0.1) is 0 Å². The summed E-state index contributed by atoms with van der Waals surface area (Å²) in [7, 11) is -2.95. The molecule has 0 aromatic carbocycles. The van der Waals surface area contributed by atoms with Crippen molar-refractivity contribution in [3.8, 4) is 0 Å². The van der Waals surface area contributed by atoms with Crippen LogP contribution in [0.25, 0.3) is 0 Å². The maximum absolute atomic E-state index is 12.6. The van der Waals surface area contributed by atoms with Crippen molar-refractivity contribution in [2.24, 2.45) is 0 Å². The highest BCUT2D eigenvalue weighted by Gasteiger charge is 2.59. The second-order valence-electron chi connectivity index (χ2n) is 6.63. The molecule has 0 aromatic heterocycles. The van der Waals surface area contributed by atoms with Crippen LogP contribution >= 0.6 is 7.94 Å². The first-order valence-corrected chi connectivity index (χ1v) is 9.81. The Labute approximate surface area is 136 Å². The van der Waals surface area contributed by atoms with Gasteiger partial charge in [-0.3, -0.25) is 0 Å². The van der Waals surface area contributed by atoms with E-state index in [2.05, 4.69) is 0 Å². The van der Waals surface area contributed by atoms with E-state index in [0.29, 0.717) is 12.8 Å². The van der Waals surface area contributed by atoms with Gasteiger partial charge in [-0.1, -0.05) is 24.3 Å². The molecule has 0 saturated carbocycles. The number of unbranched alkanes of at least 4 members (excludes halogenated alkanes) is 2. The largest absolute Gasteiger partial charge is 0.631 e. The van der Waals surface area contributed by atoms with Gasteiger partial charge in [-0.25, -0.2) is 9.05 Å². The molecule has 0 radical (unpaired) electrons. The molecule has 0 aromatic rings. The molecule has 1 saturated heterocycles. The molecule has 0 N–H and O–H groups in total. The van der Waals surface area contributed by atoms with E-state index in [1.807, 2.05) is 58.9 Å². The minimum Gasteiger partial charge on any atom is -0.631 e. The summed E-state index contributed by atoms with van der Waals surface area (Å²) in [4.78, 5) is 12.6. The zero-order valence-corrected chi connectivity index (χ0v) is 15.5. The standard InChI is InChI=1S/C17H31O4P/c1-6-7-8-10-13-19-14-11-9-12-15-22(18)20-16(2,3)17(4,5)21-22/h6-8,10H,9,11-15H2,1-5H3/b7-6+,10-8+. The van der Waals surface area contributed by atoms with Crippen LogP contribution in [0.4, 0.5) is 0 Å². The van der Waals surface area contributed by atoms with Crippen molar-refractivity contribution in [3.05, 3.63) is 24.3 Å². The minimum absolute atomic E-state index is 0.487. The molecule has 1 aliphatic rings. The highest BCUT2D eigenvalue weighted by atomic mass is 31.2. The number of rotatable bonds is 9. The average Bonchev–Trinajstić information content (AvgIpc) is 2.56. The second kappa shape index (κ2) is 8.56. The SMILES string of the molecule is C/C=C/C=C/COCCCCC[P+]1([O-])OC(C)(C)C(C)(C)O1. The molecule has 0 spiro atoms. The molecular formula is C17H31O4P. The van der Waals surface area contributed by atoms with Gasteiger partial charge in [0.2, 0.25) is 7.94 Å². The summed E-state index contributed by atoms with van der Waals surface area (Å²) in [6.45, 7) is 11.1. The Bertz CT molecular complexity index is 372. The zero-order valence-electron chi connectivity index (χ0n) is 14.6. The lowest BCUT2D eigenvalue weighted by molar-refractivity contribution is -0.212. The molecular weight excluding hydrogens is 299 g/mol. The summed E-state index contributed by atoms with van der Waals surface area (Å²) in [6, 6.07) is 0. The van der Waals surface area contributed by atoms with Crippen LogP contribution in [0.3, 0.4) is 0 Å². The van der Waals surface area contributed by atoms with Crippen LogP contribution in [-0.2, 0) is 13.8 Å². The van der Waals surface area contributed by atoms with Crippen molar-refractivity contribution in [2.45, 2.75) is 65.1 Å². The minimum atomic E-state index is -2.95. The fourth-order valence-electron chi connectivity index (χ4n) is 2.11. The Morgan fingerprint density at radius 2 is 1.64 bits per heavy atom. The maximum atomic E-state index is 12.6. The Morgan fingerprint density at radius 3 is 2.23 bits per heavy atom. The van der Waals surface area contributed by atoms with Gasteiger partial charge in [0, 0.05) is 6.61 Å². The smallest absolute Gasteiger partial charge is 0.239 e. The number of allylic oxidation sites excluding steroid dienone is 3. The summed E-state index contributed by atoms with van der Waals surface area (Å²) in [6.07, 6.45) is 11.2. The summed E-state index contributed by atoms with van der Waals surface area (Å²) < 4.78 is 16.9. The van der Waals surface area contributed by atoms with Crippen molar-refractivity contribution < 1.29 is 18.7 Å². The summed E-state index contributed by atoms with van der Waals surface area (Å²) in [5.41, 5.74) is -1.02. The Balaban J connectivity index is 2.13. The maximum Gasteiger partial charge on any atom is 0.239 e. The van der Waals surface area contributed by atoms with Gasteiger partial charge in [0.05, 0.1) is 6.61 Å². The van der Waals surface area contributed by atoms with Crippen molar-refractivity contribution in [3.63, 3.8) is 0 Å². The molecule has 5 heteroatoms. The molecule has 0 aliphatic carbocycles. The van der Waals surface area contributed by atoms with Gasteiger partial charge in [-0.2, -0.15) is 0 Å². The van der Waals surface area contributed by atoms with Crippen LogP contribution in [0.5, 0.6) is 0 Å². The highest BCUT2D eigenvalue weighted by molar-refractivity contribution is 7.59. The van der Waals surface area contributed by atoms with Crippen LogP contribution in [0.2, 0.25) is 0 Å². The van der Waals surface area contributed by atoms with Gasteiger partial charge in [0.25, 0.3) is 0 Å². The van der Waals surface area contributed by atoms with E-state index in [-0.39, 0.29) is 0 Å². The molecule has 128 valence electrons. The Kier molecular flexibility index (Phi) is 7.70. The molecule has 0 atom stereocenters. The normalized spacial score (nSPS) is 22.8. The number of hydrogen-bond acceptors (Lipinski definition) is 4. The van der Waals surface area contributed by atoms with Crippen LogP contribution in [0, 0.1) is 0 Å². The van der Waals surface area contributed by atoms with Gasteiger partial charge in [0.1, 0.15) is 17.4 Å². The van der Waals surface area contributed by atoms with Gasteiger partial charge >= 0.3 is 0 Å². The molecule has 4 nitrogen and oxygen atoms in total. The van der Waals surface area contributed by atoms with E-state index >= 15 is 0 Å². The van der Waals surface area contributed by atoms with Gasteiger partial charge in [-0.05, 0) is 53.9 Å². The monoisotopic (exact) mass is 330 g/mol. The van der Waals surface area contributed by atoms with Gasteiger partial charge < -0.3 is 9.63 Å². The highest BCUT2D eigenvalue weighted by Crippen LogP contribution is 2.67. The lowest BCUT2D eigenvalue weighted by Gasteiger charge is -2.25. The third-order valence-corrected chi connectivity index (χ3v) is 6.39. The lowest BCUT2D eigenvalue weighted by Crippen LogP contribution is -2.41. The predicted octanol–water partition coefficient (Wildman–Crippen LogP) is 4.03. The van der Waals surface area contributed by atoms with E-state index < -0.39 is 19.1 Å². The van der Waals surface area contributed by atoms with Crippen molar-refractivity contribution in [1.82, 2.24) is 0 Å². The van der Waals surface area contributed by atoms with E-state index in [1.54, 1.807) is 0 Å². The topological polar surface area (TPSA) is 50.8 Å². The summed E-state index contributed by atoms with van der Waals surface area (Å²) in [5, 5.41) is 0. The molecule has 1 aliphatic heterocycles. The molecule has 1 heterocycles. The van der Waals surface area contributed by atoms with Crippen molar-refractivity contribution in [1.29, 1.82) is 0 Å². The molecule has 22 heavy (non-hydrogen) atoms. The fraction of sp³-hybridized carbons (Fsp3) is 0.765. The fourth-order valence-corrected chi connectivity index (χ4v) is 4.77. The van der Waals surface area contributed by atoms with Crippen molar-refractivity contribution >= 4 is 7.94 Å². The van der Waals surface area contributed by atoms with Crippen molar-refractivity contribution in [2.75, 3.05) is 19.4 Å². The first-order valence-electron chi connectivity index (χ1n) is 8.09. The molecule has 0 bridgehead atoms. The number of ether oxygens (including phenoxy) is 1. The average molecular weight is 330 g/mol. The Hall–Kier alpha value is -0.250. The van der Waals surface area contributed by atoms with E-state index in [1.165, 1.54) is 0 Å². The van der Waals surface area contributed by atoms with Gasteiger partial charge in [0.15, 0.2) is 0 Å². The first-order chi connectivity index (χ1) is 10.2. The zero-order chi connectivity index (χ0) is 16.7. The third-order valence-electron chi connectivity index (χ3n) is 4.06. The lowest BCUT2D eigenvalue weighted by atomic mass is 9.90. The molecule has 1 rings (SSSR count). The third kappa shape index (κ3) is 6.10. The molecule has 0 unspecified atom stereocenters. The number of hydrogen-bond donors (Lipinski definition) is 0.